The highest BCUT2D eigenvalue weighted by atomic mass is 19.1. The third kappa shape index (κ3) is 5.64. The number of amides is 5. The minimum atomic E-state index is -0.810. The highest BCUT2D eigenvalue weighted by Gasteiger charge is 2.36. The Kier molecular flexibility index (Phi) is 6.91. The zero-order chi connectivity index (χ0) is 25.8. The molecule has 0 unspecified atom stereocenters. The smallest absolute Gasteiger partial charge is 0.335 e. The predicted octanol–water partition coefficient (Wildman–Crippen LogP) is 4.13. The molecule has 9 heteroatoms. The van der Waals surface area contributed by atoms with Crippen molar-refractivity contribution in [2.24, 2.45) is 0 Å². The molecule has 5 amide bonds. The fraction of sp³-hybridized carbons (Fsp3) is 0.111. The summed E-state index contributed by atoms with van der Waals surface area (Å²) in [4.78, 5) is 50.9. The topological polar surface area (TPSA) is 105 Å². The standard InChI is InChI=1S/C27H22FN3O5/c1-16-11-17(2)13-21(12-16)31-26(34)23(25(33)30-27(31)35)14-18-3-9-22(10-4-18)36-15-24(32)29-20-7-5-19(28)6-8-20/h3-14H,15H2,1-2H3,(H,29,32)(H,30,33,35)/b23-14+. The molecule has 0 aliphatic carbocycles. The van der Waals surface area contributed by atoms with Crippen LogP contribution in [-0.4, -0.2) is 30.4 Å². The molecule has 2 N–H and O–H groups in total. The van der Waals surface area contributed by atoms with E-state index < -0.39 is 29.6 Å². The molecule has 0 bridgehead atoms. The lowest BCUT2D eigenvalue weighted by Gasteiger charge is -2.27. The number of imide groups is 2. The van der Waals surface area contributed by atoms with Gasteiger partial charge >= 0.3 is 6.03 Å². The maximum Gasteiger partial charge on any atom is 0.335 e. The second-order valence-electron chi connectivity index (χ2n) is 8.22. The first kappa shape index (κ1) is 24.3. The van der Waals surface area contributed by atoms with Gasteiger partial charge in [-0.1, -0.05) is 18.2 Å². The van der Waals surface area contributed by atoms with Crippen molar-refractivity contribution >= 4 is 41.2 Å². The number of urea groups is 1. The largest absolute Gasteiger partial charge is 0.484 e. The minimum Gasteiger partial charge on any atom is -0.484 e. The molecule has 4 rings (SSSR count). The first-order valence-corrected chi connectivity index (χ1v) is 11.0. The van der Waals surface area contributed by atoms with Gasteiger partial charge in [0.25, 0.3) is 17.7 Å². The lowest BCUT2D eigenvalue weighted by atomic mass is 10.1. The zero-order valence-corrected chi connectivity index (χ0v) is 19.5. The molecule has 1 fully saturated rings. The molecule has 3 aromatic carbocycles. The van der Waals surface area contributed by atoms with Gasteiger partial charge < -0.3 is 10.1 Å². The SMILES string of the molecule is Cc1cc(C)cc(N2C(=O)NC(=O)/C(=C\c3ccc(OCC(=O)Nc4ccc(F)cc4)cc3)C2=O)c1. The number of hydrogen-bond acceptors (Lipinski definition) is 5. The Morgan fingerprint density at radius 1 is 0.972 bits per heavy atom. The highest BCUT2D eigenvalue weighted by Crippen LogP contribution is 2.24. The number of benzene rings is 3. The summed E-state index contributed by atoms with van der Waals surface area (Å²) in [7, 11) is 0. The number of aryl methyl sites for hydroxylation is 2. The Labute approximate surface area is 206 Å². The highest BCUT2D eigenvalue weighted by molar-refractivity contribution is 6.39. The van der Waals surface area contributed by atoms with Gasteiger partial charge in [-0.3, -0.25) is 19.7 Å². The fourth-order valence-electron chi connectivity index (χ4n) is 3.68. The van der Waals surface area contributed by atoms with Crippen LogP contribution in [0.25, 0.3) is 6.08 Å². The van der Waals surface area contributed by atoms with E-state index in [1.165, 1.54) is 30.3 Å². The number of nitrogens with zero attached hydrogens (tertiary/aromatic N) is 1. The van der Waals surface area contributed by atoms with E-state index in [1.807, 2.05) is 19.9 Å². The molecule has 0 spiro atoms. The van der Waals surface area contributed by atoms with E-state index in [0.29, 0.717) is 22.7 Å². The van der Waals surface area contributed by atoms with Crippen molar-refractivity contribution < 1.29 is 28.3 Å². The molecule has 8 nitrogen and oxygen atoms in total. The molecule has 0 aromatic heterocycles. The van der Waals surface area contributed by atoms with Gasteiger partial charge in [0, 0.05) is 5.69 Å². The average molecular weight is 487 g/mol. The molecular formula is C27H22FN3O5. The van der Waals surface area contributed by atoms with Crippen LogP contribution in [0.3, 0.4) is 0 Å². The van der Waals surface area contributed by atoms with Gasteiger partial charge in [0.2, 0.25) is 0 Å². The monoisotopic (exact) mass is 487 g/mol. The van der Waals surface area contributed by atoms with Gasteiger partial charge in [0.1, 0.15) is 17.1 Å². The predicted molar refractivity (Wildman–Crippen MR) is 132 cm³/mol. The summed E-state index contributed by atoms with van der Waals surface area (Å²) in [6, 6.07) is 16.2. The Morgan fingerprint density at radius 2 is 1.61 bits per heavy atom. The second kappa shape index (κ2) is 10.2. The molecule has 3 aromatic rings. The Morgan fingerprint density at radius 3 is 2.25 bits per heavy atom. The Hall–Kier alpha value is -4.79. The first-order valence-electron chi connectivity index (χ1n) is 11.0. The maximum atomic E-state index is 13.1. The van der Waals surface area contributed by atoms with Gasteiger partial charge in [-0.05, 0) is 85.1 Å². The van der Waals surface area contributed by atoms with E-state index in [2.05, 4.69) is 10.6 Å². The van der Waals surface area contributed by atoms with E-state index in [1.54, 1.807) is 36.4 Å². The van der Waals surface area contributed by atoms with Crippen LogP contribution in [0.1, 0.15) is 16.7 Å². The zero-order valence-electron chi connectivity index (χ0n) is 19.5. The third-order valence-electron chi connectivity index (χ3n) is 5.26. The minimum absolute atomic E-state index is 0.193. The Bertz CT molecular complexity index is 1360. The normalized spacial score (nSPS) is 14.6. The number of barbiturate groups is 1. The first-order chi connectivity index (χ1) is 17.2. The molecule has 1 heterocycles. The molecule has 0 atom stereocenters. The number of nitrogens with one attached hydrogen (secondary N) is 2. The lowest BCUT2D eigenvalue weighted by Crippen LogP contribution is -2.54. The van der Waals surface area contributed by atoms with Crippen LogP contribution < -0.4 is 20.3 Å². The van der Waals surface area contributed by atoms with Crippen LogP contribution in [0.15, 0.2) is 72.3 Å². The number of carbonyl (C=O) groups excluding carboxylic acids is 4. The second-order valence-corrected chi connectivity index (χ2v) is 8.22. The van der Waals surface area contributed by atoms with Crippen LogP contribution in [0.4, 0.5) is 20.6 Å². The molecule has 182 valence electrons. The van der Waals surface area contributed by atoms with Crippen LogP contribution in [-0.2, 0) is 14.4 Å². The molecule has 36 heavy (non-hydrogen) atoms. The number of halogens is 1. The van der Waals surface area contributed by atoms with Gasteiger partial charge in [-0.25, -0.2) is 14.1 Å². The molecule has 1 saturated heterocycles. The summed E-state index contributed by atoms with van der Waals surface area (Å²) in [6.45, 7) is 3.42. The van der Waals surface area contributed by atoms with Crippen molar-refractivity contribution in [3.05, 3.63) is 94.8 Å². The molecule has 0 radical (unpaired) electrons. The van der Waals surface area contributed by atoms with Crippen molar-refractivity contribution in [2.45, 2.75) is 13.8 Å². The quantitative estimate of drug-likeness (QED) is 0.402. The number of ether oxygens (including phenoxy) is 1. The summed E-state index contributed by atoms with van der Waals surface area (Å²) in [6.07, 6.45) is 1.38. The van der Waals surface area contributed by atoms with E-state index in [4.69, 9.17) is 4.74 Å². The maximum absolute atomic E-state index is 13.1. The van der Waals surface area contributed by atoms with Gasteiger partial charge in [-0.15, -0.1) is 0 Å². The summed E-state index contributed by atoms with van der Waals surface area (Å²) >= 11 is 0. The third-order valence-corrected chi connectivity index (χ3v) is 5.26. The van der Waals surface area contributed by atoms with Crippen LogP contribution in [0.2, 0.25) is 0 Å². The van der Waals surface area contributed by atoms with E-state index in [9.17, 15) is 23.6 Å². The van der Waals surface area contributed by atoms with Crippen molar-refractivity contribution in [3.63, 3.8) is 0 Å². The average Bonchev–Trinajstić information content (AvgIpc) is 2.82. The summed E-state index contributed by atoms with van der Waals surface area (Å²) in [5, 5.41) is 4.79. The van der Waals surface area contributed by atoms with Crippen molar-refractivity contribution in [1.29, 1.82) is 0 Å². The Balaban J connectivity index is 1.44. The summed E-state index contributed by atoms with van der Waals surface area (Å²) < 4.78 is 18.4. The molecular weight excluding hydrogens is 465 g/mol. The molecule has 1 aliphatic rings. The summed E-state index contributed by atoms with van der Waals surface area (Å²) in [5.74, 6) is -1.96. The van der Waals surface area contributed by atoms with Crippen molar-refractivity contribution in [3.8, 4) is 5.75 Å². The number of anilines is 2. The van der Waals surface area contributed by atoms with E-state index >= 15 is 0 Å². The number of carbonyl (C=O) groups is 4. The van der Waals surface area contributed by atoms with Gasteiger partial charge in [0.15, 0.2) is 6.61 Å². The van der Waals surface area contributed by atoms with E-state index in [0.717, 1.165) is 16.0 Å². The van der Waals surface area contributed by atoms with Gasteiger partial charge in [-0.2, -0.15) is 0 Å². The number of hydrogen-bond donors (Lipinski definition) is 2. The van der Waals surface area contributed by atoms with Crippen LogP contribution in [0, 0.1) is 19.7 Å². The van der Waals surface area contributed by atoms with Crippen LogP contribution >= 0.6 is 0 Å². The molecule has 1 aliphatic heterocycles. The lowest BCUT2D eigenvalue weighted by molar-refractivity contribution is -0.122. The fourth-order valence-corrected chi connectivity index (χ4v) is 3.68. The molecule has 0 saturated carbocycles. The summed E-state index contributed by atoms with van der Waals surface area (Å²) in [5.41, 5.74) is 2.88. The van der Waals surface area contributed by atoms with Crippen molar-refractivity contribution in [2.75, 3.05) is 16.8 Å². The van der Waals surface area contributed by atoms with Crippen molar-refractivity contribution in [1.82, 2.24) is 5.32 Å². The van der Waals surface area contributed by atoms with Gasteiger partial charge in [0.05, 0.1) is 5.69 Å². The van der Waals surface area contributed by atoms with E-state index in [-0.39, 0.29) is 12.2 Å². The van der Waals surface area contributed by atoms with Crippen LogP contribution in [0.5, 0.6) is 5.75 Å². The number of rotatable bonds is 6.